The Kier molecular flexibility index (Phi) is 6.82. The lowest BCUT2D eigenvalue weighted by Crippen LogP contribution is -2.42. The van der Waals surface area contributed by atoms with Crippen LogP contribution in [0, 0.1) is 5.92 Å². The molecule has 0 bridgehead atoms. The van der Waals surface area contributed by atoms with Crippen LogP contribution in [0.5, 0.6) is 0 Å². The molecule has 0 fully saturated rings. The molecule has 0 spiro atoms. The van der Waals surface area contributed by atoms with E-state index in [4.69, 9.17) is 0 Å². The van der Waals surface area contributed by atoms with Crippen LogP contribution >= 0.6 is 0 Å². The van der Waals surface area contributed by atoms with E-state index in [1.807, 2.05) is 19.1 Å². The smallest absolute Gasteiger partial charge is 0.0667 e. The zero-order chi connectivity index (χ0) is 16.7. The Morgan fingerprint density at radius 1 is 0.783 bits per heavy atom. The van der Waals surface area contributed by atoms with Crippen molar-refractivity contribution >= 4 is 0 Å². The van der Waals surface area contributed by atoms with Gasteiger partial charge in [-0.1, -0.05) is 74.5 Å². The highest BCUT2D eigenvalue weighted by Crippen LogP contribution is 2.21. The van der Waals surface area contributed by atoms with Gasteiger partial charge in [0.15, 0.2) is 0 Å². The van der Waals surface area contributed by atoms with E-state index in [1.54, 1.807) is 0 Å². The molecule has 0 saturated heterocycles. The number of hydrogen-bond donors (Lipinski definition) is 1. The second-order valence-corrected chi connectivity index (χ2v) is 6.81. The Hall–Kier alpha value is -1.64. The van der Waals surface area contributed by atoms with E-state index in [-0.39, 0.29) is 12.1 Å². The molecule has 23 heavy (non-hydrogen) atoms. The van der Waals surface area contributed by atoms with Crippen molar-refractivity contribution in [2.75, 3.05) is 0 Å². The van der Waals surface area contributed by atoms with E-state index in [0.29, 0.717) is 5.92 Å². The van der Waals surface area contributed by atoms with Crippen LogP contribution in [0.2, 0.25) is 0 Å². The van der Waals surface area contributed by atoms with Crippen LogP contribution in [0.25, 0.3) is 0 Å². The van der Waals surface area contributed by atoms with Gasteiger partial charge in [-0.25, -0.2) is 0 Å². The Morgan fingerprint density at radius 3 is 1.57 bits per heavy atom. The second-order valence-electron chi connectivity index (χ2n) is 6.81. The number of hydrogen-bond acceptors (Lipinski definition) is 2. The molecule has 0 amide bonds. The number of benzene rings is 2. The average molecular weight is 311 g/mol. The Labute approximate surface area is 140 Å². The van der Waals surface area contributed by atoms with Crippen molar-refractivity contribution in [1.29, 1.82) is 0 Å². The summed E-state index contributed by atoms with van der Waals surface area (Å²) in [5, 5.41) is 10.3. The lowest BCUT2D eigenvalue weighted by molar-refractivity contribution is 0.0386. The lowest BCUT2D eigenvalue weighted by atomic mass is 9.97. The molecule has 1 N–H and O–H groups in total. The topological polar surface area (TPSA) is 23.5 Å². The summed E-state index contributed by atoms with van der Waals surface area (Å²) in [4.78, 5) is 2.41. The quantitative estimate of drug-likeness (QED) is 0.776. The van der Waals surface area contributed by atoms with Crippen LogP contribution in [0.15, 0.2) is 60.7 Å². The minimum atomic E-state index is -0.343. The predicted molar refractivity (Wildman–Crippen MR) is 97.1 cm³/mol. The summed E-state index contributed by atoms with van der Waals surface area (Å²) in [7, 11) is 0. The second kappa shape index (κ2) is 8.85. The molecule has 0 aromatic heterocycles. The van der Waals surface area contributed by atoms with Crippen molar-refractivity contribution in [3.63, 3.8) is 0 Å². The minimum Gasteiger partial charge on any atom is -0.392 e. The molecule has 0 radical (unpaired) electrons. The first-order chi connectivity index (χ1) is 11.1. The van der Waals surface area contributed by atoms with Crippen molar-refractivity contribution in [2.24, 2.45) is 5.92 Å². The van der Waals surface area contributed by atoms with Crippen LogP contribution in [0.4, 0.5) is 0 Å². The zero-order valence-corrected chi connectivity index (χ0v) is 14.5. The summed E-state index contributed by atoms with van der Waals surface area (Å²) in [5.41, 5.74) is 2.58. The molecule has 2 heteroatoms. The molecule has 2 aromatic rings. The van der Waals surface area contributed by atoms with Crippen molar-refractivity contribution in [1.82, 2.24) is 4.90 Å². The average Bonchev–Trinajstić information content (AvgIpc) is 2.53. The maximum Gasteiger partial charge on any atom is 0.0667 e. The molecule has 0 heterocycles. The number of aliphatic hydroxyl groups excluding tert-OH is 1. The predicted octanol–water partition coefficient (Wildman–Crippen LogP) is 4.48. The summed E-state index contributed by atoms with van der Waals surface area (Å²) in [6, 6.07) is 21.2. The van der Waals surface area contributed by atoms with Crippen molar-refractivity contribution in [2.45, 2.75) is 52.4 Å². The number of nitrogens with zero attached hydrogens (tertiary/aromatic N) is 1. The lowest BCUT2D eigenvalue weighted by Gasteiger charge is -2.35. The normalized spacial score (nSPS) is 14.2. The van der Waals surface area contributed by atoms with Gasteiger partial charge in [-0.2, -0.15) is 0 Å². The molecular formula is C21H29NO. The highest BCUT2D eigenvalue weighted by Gasteiger charge is 2.24. The first-order valence-electron chi connectivity index (χ1n) is 8.56. The van der Waals surface area contributed by atoms with Crippen molar-refractivity contribution in [3.8, 4) is 0 Å². The van der Waals surface area contributed by atoms with Gasteiger partial charge in [0.05, 0.1) is 6.10 Å². The summed E-state index contributed by atoms with van der Waals surface area (Å²) < 4.78 is 0. The molecule has 2 nitrogen and oxygen atoms in total. The number of aliphatic hydroxyl groups is 1. The third-order valence-corrected chi connectivity index (χ3v) is 4.20. The largest absolute Gasteiger partial charge is 0.392 e. The SMILES string of the molecule is CC(C)C[C@@H]([C@@H](C)O)N(Cc1ccccc1)Cc1ccccc1. The van der Waals surface area contributed by atoms with Crippen molar-refractivity contribution in [3.05, 3.63) is 71.8 Å². The minimum absolute atomic E-state index is 0.162. The third kappa shape index (κ3) is 5.81. The van der Waals surface area contributed by atoms with E-state index in [9.17, 15) is 5.11 Å². The highest BCUT2D eigenvalue weighted by molar-refractivity contribution is 5.17. The maximum absolute atomic E-state index is 10.3. The molecule has 0 saturated carbocycles. The Morgan fingerprint density at radius 2 is 1.22 bits per heavy atom. The van der Waals surface area contributed by atoms with Crippen molar-refractivity contribution < 1.29 is 5.11 Å². The van der Waals surface area contributed by atoms with Gasteiger partial charge in [0.25, 0.3) is 0 Å². The molecule has 0 unspecified atom stereocenters. The maximum atomic E-state index is 10.3. The molecule has 2 atom stereocenters. The first kappa shape index (κ1) is 17.7. The monoisotopic (exact) mass is 311 g/mol. The van der Waals surface area contributed by atoms with Crippen LogP contribution < -0.4 is 0 Å². The third-order valence-electron chi connectivity index (χ3n) is 4.20. The fourth-order valence-electron chi connectivity index (χ4n) is 3.06. The van der Waals surface area contributed by atoms with Crippen LogP contribution in [-0.4, -0.2) is 22.2 Å². The summed E-state index contributed by atoms with van der Waals surface area (Å²) in [6.07, 6.45) is 0.655. The standard InChI is InChI=1S/C21H29NO/c1-17(2)14-21(18(3)23)22(15-19-10-6-4-7-11-19)16-20-12-8-5-9-13-20/h4-13,17-18,21,23H,14-16H2,1-3H3/t18-,21+/m1/s1. The van der Waals surface area contributed by atoms with E-state index in [2.05, 4.69) is 67.3 Å². The zero-order valence-electron chi connectivity index (χ0n) is 14.5. The van der Waals surface area contributed by atoms with Gasteiger partial charge in [0.1, 0.15) is 0 Å². The van der Waals surface area contributed by atoms with Gasteiger partial charge >= 0.3 is 0 Å². The van der Waals surface area contributed by atoms with Gasteiger partial charge in [0, 0.05) is 19.1 Å². The summed E-state index contributed by atoms with van der Waals surface area (Å²) in [6.45, 7) is 8.07. The van der Waals surface area contributed by atoms with E-state index < -0.39 is 0 Å². The van der Waals surface area contributed by atoms with Gasteiger partial charge in [-0.05, 0) is 30.4 Å². The molecule has 0 aliphatic heterocycles. The van der Waals surface area contributed by atoms with Crippen LogP contribution in [-0.2, 0) is 13.1 Å². The van der Waals surface area contributed by atoms with Crippen LogP contribution in [0.1, 0.15) is 38.3 Å². The Balaban J connectivity index is 2.21. The molecular weight excluding hydrogens is 282 g/mol. The van der Waals surface area contributed by atoms with E-state index >= 15 is 0 Å². The van der Waals surface area contributed by atoms with Crippen LogP contribution in [0.3, 0.4) is 0 Å². The first-order valence-corrected chi connectivity index (χ1v) is 8.56. The summed E-state index contributed by atoms with van der Waals surface area (Å²) in [5.74, 6) is 0.559. The van der Waals surface area contributed by atoms with E-state index in [1.165, 1.54) is 11.1 Å². The van der Waals surface area contributed by atoms with Gasteiger partial charge in [0.2, 0.25) is 0 Å². The molecule has 2 aromatic carbocycles. The van der Waals surface area contributed by atoms with Gasteiger partial charge in [-0.3, -0.25) is 4.90 Å². The molecule has 124 valence electrons. The van der Waals surface area contributed by atoms with Gasteiger partial charge in [-0.15, -0.1) is 0 Å². The highest BCUT2D eigenvalue weighted by atomic mass is 16.3. The fraction of sp³-hybridized carbons (Fsp3) is 0.429. The molecule has 0 aliphatic rings. The summed E-state index contributed by atoms with van der Waals surface area (Å²) >= 11 is 0. The number of rotatable bonds is 8. The fourth-order valence-corrected chi connectivity index (χ4v) is 3.06. The van der Waals surface area contributed by atoms with E-state index in [0.717, 1.165) is 19.5 Å². The molecule has 0 aliphatic carbocycles. The Bertz CT molecular complexity index is 509. The molecule has 2 rings (SSSR count). The van der Waals surface area contributed by atoms with Gasteiger partial charge < -0.3 is 5.11 Å².